The van der Waals surface area contributed by atoms with E-state index in [4.69, 9.17) is 9.47 Å². The maximum Gasteiger partial charge on any atom is 0.300 e. The predicted octanol–water partition coefficient (Wildman–Crippen LogP) is 5.12. The lowest BCUT2D eigenvalue weighted by atomic mass is 9.94. The lowest BCUT2D eigenvalue weighted by molar-refractivity contribution is -0.132. The third kappa shape index (κ3) is 4.57. The number of benzene rings is 3. The number of carbonyl (C=O) groups excluding carboxylic acids is 2. The molecule has 35 heavy (non-hydrogen) atoms. The number of aliphatic hydroxyl groups excluding tert-OH is 1. The summed E-state index contributed by atoms with van der Waals surface area (Å²) in [5, 5.41) is 21.3. The normalized spacial score (nSPS) is 17.0. The summed E-state index contributed by atoms with van der Waals surface area (Å²) < 4.78 is 11.3. The Morgan fingerprint density at radius 2 is 1.66 bits per heavy atom. The number of phenolic OH excluding ortho intramolecular Hbond substituents is 1. The van der Waals surface area contributed by atoms with Gasteiger partial charge < -0.3 is 19.7 Å². The van der Waals surface area contributed by atoms with E-state index in [0.29, 0.717) is 36.0 Å². The smallest absolute Gasteiger partial charge is 0.300 e. The number of aryl methyl sites for hydroxylation is 1. The monoisotopic (exact) mass is 473 g/mol. The van der Waals surface area contributed by atoms with Gasteiger partial charge in [-0.05, 0) is 68.3 Å². The van der Waals surface area contributed by atoms with Gasteiger partial charge in [-0.3, -0.25) is 14.5 Å². The molecule has 1 fully saturated rings. The average molecular weight is 474 g/mol. The van der Waals surface area contributed by atoms with Crippen LogP contribution in [0.4, 0.5) is 5.69 Å². The third-order valence-electron chi connectivity index (χ3n) is 5.75. The van der Waals surface area contributed by atoms with E-state index in [0.717, 1.165) is 5.56 Å². The Morgan fingerprint density at radius 3 is 2.31 bits per heavy atom. The largest absolute Gasteiger partial charge is 0.508 e. The molecule has 180 valence electrons. The van der Waals surface area contributed by atoms with E-state index in [2.05, 4.69) is 0 Å². The van der Waals surface area contributed by atoms with Crippen molar-refractivity contribution in [2.45, 2.75) is 26.8 Å². The van der Waals surface area contributed by atoms with Gasteiger partial charge in [0.2, 0.25) is 0 Å². The summed E-state index contributed by atoms with van der Waals surface area (Å²) in [4.78, 5) is 28.0. The SMILES string of the molecule is CCOc1ccc(/C(O)=C2/C(=O)C(=O)N(c3cccc(C)c3)C2c2ccc(O)cc2)c(OCC)c1. The summed E-state index contributed by atoms with van der Waals surface area (Å²) in [6.45, 7) is 6.35. The van der Waals surface area contributed by atoms with Crippen molar-refractivity contribution < 1.29 is 29.3 Å². The molecule has 3 aromatic carbocycles. The van der Waals surface area contributed by atoms with E-state index in [1.807, 2.05) is 26.8 Å². The van der Waals surface area contributed by atoms with Gasteiger partial charge >= 0.3 is 0 Å². The van der Waals surface area contributed by atoms with Crippen LogP contribution in [0.15, 0.2) is 72.3 Å². The first-order chi connectivity index (χ1) is 16.8. The molecule has 1 saturated heterocycles. The number of carbonyl (C=O) groups is 2. The molecule has 3 aromatic rings. The molecule has 0 saturated carbocycles. The molecule has 0 radical (unpaired) electrons. The van der Waals surface area contributed by atoms with Gasteiger partial charge in [0.1, 0.15) is 23.0 Å². The van der Waals surface area contributed by atoms with E-state index in [-0.39, 0.29) is 22.6 Å². The molecule has 7 nitrogen and oxygen atoms in total. The number of amides is 1. The highest BCUT2D eigenvalue weighted by molar-refractivity contribution is 6.51. The van der Waals surface area contributed by atoms with E-state index in [9.17, 15) is 19.8 Å². The Bertz CT molecular complexity index is 1300. The number of Topliss-reactive ketones (excluding diaryl/α,β-unsaturated/α-hetero) is 1. The van der Waals surface area contributed by atoms with Crippen molar-refractivity contribution in [1.29, 1.82) is 0 Å². The fourth-order valence-corrected chi connectivity index (χ4v) is 4.22. The van der Waals surface area contributed by atoms with E-state index in [1.54, 1.807) is 48.5 Å². The fraction of sp³-hybridized carbons (Fsp3) is 0.214. The lowest BCUT2D eigenvalue weighted by Gasteiger charge is -2.26. The number of aromatic hydroxyl groups is 1. The Labute approximate surface area is 203 Å². The Hall–Kier alpha value is -4.26. The molecule has 7 heteroatoms. The molecule has 1 atom stereocenters. The van der Waals surface area contributed by atoms with Crippen LogP contribution >= 0.6 is 0 Å². The van der Waals surface area contributed by atoms with Crippen molar-refractivity contribution in [3.05, 3.63) is 89.0 Å². The molecule has 1 heterocycles. The number of aliphatic hydroxyl groups is 1. The summed E-state index contributed by atoms with van der Waals surface area (Å²) in [6.07, 6.45) is 0. The maximum atomic E-state index is 13.4. The van der Waals surface area contributed by atoms with Crippen molar-refractivity contribution in [3.8, 4) is 17.2 Å². The van der Waals surface area contributed by atoms with Crippen LogP contribution in [0.2, 0.25) is 0 Å². The van der Waals surface area contributed by atoms with Crippen LogP contribution in [0.25, 0.3) is 5.76 Å². The van der Waals surface area contributed by atoms with E-state index in [1.165, 1.54) is 17.0 Å². The van der Waals surface area contributed by atoms with Gasteiger partial charge in [-0.2, -0.15) is 0 Å². The number of ether oxygens (including phenoxy) is 2. The van der Waals surface area contributed by atoms with Crippen molar-refractivity contribution in [1.82, 2.24) is 0 Å². The molecule has 1 amide bonds. The minimum atomic E-state index is -0.904. The maximum absolute atomic E-state index is 13.4. The topological polar surface area (TPSA) is 96.3 Å². The quantitative estimate of drug-likeness (QED) is 0.281. The summed E-state index contributed by atoms with van der Waals surface area (Å²) in [6, 6.07) is 17.5. The summed E-state index contributed by atoms with van der Waals surface area (Å²) in [5.74, 6) is -0.961. The first-order valence-corrected chi connectivity index (χ1v) is 11.4. The standard InChI is InChI=1S/C28H27NO6/c1-4-34-21-13-14-22(23(16-21)35-5-2)26(31)24-25(18-9-11-20(30)12-10-18)29(28(33)27(24)32)19-8-6-7-17(3)15-19/h6-16,25,30-31H,4-5H2,1-3H3/b26-24-. The molecule has 1 aliphatic rings. The number of hydrogen-bond acceptors (Lipinski definition) is 6. The van der Waals surface area contributed by atoms with Gasteiger partial charge in [0, 0.05) is 11.8 Å². The molecule has 0 spiro atoms. The zero-order valence-electron chi connectivity index (χ0n) is 19.8. The van der Waals surface area contributed by atoms with Gasteiger partial charge in [-0.15, -0.1) is 0 Å². The van der Waals surface area contributed by atoms with Gasteiger partial charge in [-0.25, -0.2) is 0 Å². The highest BCUT2D eigenvalue weighted by Crippen LogP contribution is 2.44. The number of hydrogen-bond donors (Lipinski definition) is 2. The molecule has 1 unspecified atom stereocenters. The van der Waals surface area contributed by atoms with Crippen molar-refractivity contribution in [3.63, 3.8) is 0 Å². The zero-order chi connectivity index (χ0) is 25.1. The van der Waals surface area contributed by atoms with Crippen molar-refractivity contribution in [2.75, 3.05) is 18.1 Å². The molecule has 0 bridgehead atoms. The van der Waals surface area contributed by atoms with Crippen LogP contribution in [-0.2, 0) is 9.59 Å². The third-order valence-corrected chi connectivity index (χ3v) is 5.75. The summed E-state index contributed by atoms with van der Waals surface area (Å²) >= 11 is 0. The number of nitrogens with zero attached hydrogens (tertiary/aromatic N) is 1. The van der Waals surface area contributed by atoms with Crippen LogP contribution in [0, 0.1) is 6.92 Å². The van der Waals surface area contributed by atoms with Crippen LogP contribution < -0.4 is 14.4 Å². The molecule has 2 N–H and O–H groups in total. The van der Waals surface area contributed by atoms with E-state index < -0.39 is 17.7 Å². The summed E-state index contributed by atoms with van der Waals surface area (Å²) in [5.41, 5.74) is 2.22. The number of ketones is 1. The summed E-state index contributed by atoms with van der Waals surface area (Å²) in [7, 11) is 0. The second kappa shape index (κ2) is 9.93. The minimum Gasteiger partial charge on any atom is -0.508 e. The first-order valence-electron chi connectivity index (χ1n) is 11.4. The van der Waals surface area contributed by atoms with Gasteiger partial charge in [-0.1, -0.05) is 24.3 Å². The predicted molar refractivity (Wildman–Crippen MR) is 133 cm³/mol. The van der Waals surface area contributed by atoms with Crippen LogP contribution in [0.5, 0.6) is 17.2 Å². The Morgan fingerprint density at radius 1 is 0.943 bits per heavy atom. The van der Waals surface area contributed by atoms with Crippen LogP contribution in [-0.4, -0.2) is 35.1 Å². The highest BCUT2D eigenvalue weighted by Gasteiger charge is 2.47. The second-order valence-corrected chi connectivity index (χ2v) is 8.12. The fourth-order valence-electron chi connectivity index (χ4n) is 4.22. The van der Waals surface area contributed by atoms with Crippen molar-refractivity contribution in [2.24, 2.45) is 0 Å². The molecule has 0 aliphatic carbocycles. The Kier molecular flexibility index (Phi) is 6.78. The van der Waals surface area contributed by atoms with Gasteiger partial charge in [0.15, 0.2) is 0 Å². The molecule has 0 aromatic heterocycles. The average Bonchev–Trinajstić information content (AvgIpc) is 3.10. The van der Waals surface area contributed by atoms with Crippen molar-refractivity contribution >= 4 is 23.1 Å². The zero-order valence-corrected chi connectivity index (χ0v) is 19.8. The van der Waals surface area contributed by atoms with Crippen LogP contribution in [0.3, 0.4) is 0 Å². The lowest BCUT2D eigenvalue weighted by Crippen LogP contribution is -2.29. The number of rotatable bonds is 7. The molecule has 1 aliphatic heterocycles. The van der Waals surface area contributed by atoms with Gasteiger partial charge in [0.25, 0.3) is 11.7 Å². The molecule has 4 rings (SSSR count). The highest BCUT2D eigenvalue weighted by atomic mass is 16.5. The molecular formula is C28H27NO6. The Balaban J connectivity index is 1.94. The van der Waals surface area contributed by atoms with E-state index >= 15 is 0 Å². The first kappa shape index (κ1) is 23.9. The van der Waals surface area contributed by atoms with Crippen LogP contribution in [0.1, 0.15) is 36.6 Å². The minimum absolute atomic E-state index is 0.0476. The molecular weight excluding hydrogens is 446 g/mol. The second-order valence-electron chi connectivity index (χ2n) is 8.12. The van der Waals surface area contributed by atoms with Gasteiger partial charge in [0.05, 0.1) is 30.4 Å². The number of phenols is 1. The number of anilines is 1.